The van der Waals surface area contributed by atoms with Crippen molar-refractivity contribution in [2.75, 3.05) is 0 Å². The molecule has 72 valence electrons. The molecule has 0 saturated heterocycles. The fourth-order valence-corrected chi connectivity index (χ4v) is 1.83. The number of benzene rings is 1. The summed E-state index contributed by atoms with van der Waals surface area (Å²) in [6, 6.07) is 6.53. The first-order chi connectivity index (χ1) is 6.19. The highest BCUT2D eigenvalue weighted by Gasteiger charge is 2.08. The lowest BCUT2D eigenvalue weighted by Crippen LogP contribution is -2.11. The summed E-state index contributed by atoms with van der Waals surface area (Å²) < 4.78 is 1.11. The Bertz CT molecular complexity index is 283. The van der Waals surface area contributed by atoms with Gasteiger partial charge in [0.1, 0.15) is 0 Å². The van der Waals surface area contributed by atoms with Crippen LogP contribution in [0.3, 0.4) is 0 Å². The van der Waals surface area contributed by atoms with Crippen LogP contribution in [0.2, 0.25) is 0 Å². The van der Waals surface area contributed by atoms with Crippen LogP contribution in [-0.4, -0.2) is 0 Å². The Morgan fingerprint density at radius 1 is 1.38 bits per heavy atom. The highest BCUT2D eigenvalue weighted by molar-refractivity contribution is 9.10. The molecule has 0 aliphatic rings. The molecule has 0 spiro atoms. The minimum atomic E-state index is 0.174. The second-order valence-corrected chi connectivity index (χ2v) is 4.13. The number of halogens is 1. The summed E-state index contributed by atoms with van der Waals surface area (Å²) in [5, 5.41) is 0. The Morgan fingerprint density at radius 3 is 2.62 bits per heavy atom. The molecule has 0 aliphatic carbocycles. The SMILES string of the molecule is CCc1ccc(Br)cc1[C@@H](N)CC. The normalized spacial score (nSPS) is 12.9. The van der Waals surface area contributed by atoms with E-state index in [0.717, 1.165) is 17.3 Å². The van der Waals surface area contributed by atoms with Crippen molar-refractivity contribution in [1.29, 1.82) is 0 Å². The monoisotopic (exact) mass is 241 g/mol. The summed E-state index contributed by atoms with van der Waals surface area (Å²) in [6.45, 7) is 4.28. The molecular formula is C11H16BrN. The van der Waals surface area contributed by atoms with Crippen LogP contribution in [0.5, 0.6) is 0 Å². The van der Waals surface area contributed by atoms with Crippen molar-refractivity contribution in [3.8, 4) is 0 Å². The maximum absolute atomic E-state index is 6.02. The molecular weight excluding hydrogens is 226 g/mol. The van der Waals surface area contributed by atoms with Crippen molar-refractivity contribution in [2.45, 2.75) is 32.7 Å². The van der Waals surface area contributed by atoms with E-state index in [1.807, 2.05) is 0 Å². The molecule has 0 aliphatic heterocycles. The molecule has 1 rings (SSSR count). The number of hydrogen-bond acceptors (Lipinski definition) is 1. The van der Waals surface area contributed by atoms with Gasteiger partial charge in [-0.15, -0.1) is 0 Å². The van der Waals surface area contributed by atoms with Gasteiger partial charge in [0.2, 0.25) is 0 Å². The van der Waals surface area contributed by atoms with Gasteiger partial charge in [0.05, 0.1) is 0 Å². The molecule has 2 heteroatoms. The third-order valence-corrected chi connectivity index (χ3v) is 2.82. The van der Waals surface area contributed by atoms with Gasteiger partial charge in [-0.25, -0.2) is 0 Å². The quantitative estimate of drug-likeness (QED) is 0.863. The summed E-state index contributed by atoms with van der Waals surface area (Å²) in [6.07, 6.45) is 2.04. The average molecular weight is 242 g/mol. The van der Waals surface area contributed by atoms with Gasteiger partial charge in [-0.3, -0.25) is 0 Å². The molecule has 0 radical (unpaired) electrons. The van der Waals surface area contributed by atoms with Gasteiger partial charge in [-0.2, -0.15) is 0 Å². The summed E-state index contributed by atoms with van der Waals surface area (Å²) in [7, 11) is 0. The Hall–Kier alpha value is -0.340. The molecule has 1 nitrogen and oxygen atoms in total. The zero-order valence-electron chi connectivity index (χ0n) is 8.18. The predicted octanol–water partition coefficient (Wildman–Crippen LogP) is 3.42. The number of rotatable bonds is 3. The Balaban J connectivity index is 3.07. The summed E-state index contributed by atoms with van der Waals surface area (Å²) in [4.78, 5) is 0. The smallest absolute Gasteiger partial charge is 0.0295 e. The largest absolute Gasteiger partial charge is 0.324 e. The van der Waals surface area contributed by atoms with E-state index >= 15 is 0 Å². The molecule has 1 aromatic carbocycles. The Morgan fingerprint density at radius 2 is 2.08 bits per heavy atom. The standard InChI is InChI=1S/C11H16BrN/c1-3-8-5-6-9(12)7-10(8)11(13)4-2/h5-7,11H,3-4,13H2,1-2H3/t11-/m0/s1. The van der Waals surface area contributed by atoms with E-state index in [1.54, 1.807) is 0 Å². The topological polar surface area (TPSA) is 26.0 Å². The molecule has 0 heterocycles. The molecule has 13 heavy (non-hydrogen) atoms. The highest BCUT2D eigenvalue weighted by atomic mass is 79.9. The first kappa shape index (κ1) is 10.7. The number of nitrogens with two attached hydrogens (primary N) is 1. The molecule has 1 aromatic rings. The lowest BCUT2D eigenvalue weighted by Gasteiger charge is -2.14. The van der Waals surface area contributed by atoms with E-state index < -0.39 is 0 Å². The minimum absolute atomic E-state index is 0.174. The van der Waals surface area contributed by atoms with E-state index in [9.17, 15) is 0 Å². The van der Waals surface area contributed by atoms with E-state index in [-0.39, 0.29) is 6.04 Å². The van der Waals surface area contributed by atoms with Crippen LogP contribution >= 0.6 is 15.9 Å². The summed E-state index contributed by atoms with van der Waals surface area (Å²) in [5.41, 5.74) is 8.65. The molecule has 1 atom stereocenters. The molecule has 2 N–H and O–H groups in total. The van der Waals surface area contributed by atoms with Crippen molar-refractivity contribution in [3.05, 3.63) is 33.8 Å². The van der Waals surface area contributed by atoms with Crippen LogP contribution in [0.1, 0.15) is 37.4 Å². The van der Waals surface area contributed by atoms with Crippen LogP contribution in [0.4, 0.5) is 0 Å². The summed E-state index contributed by atoms with van der Waals surface area (Å²) >= 11 is 3.47. The van der Waals surface area contributed by atoms with Gasteiger partial charge < -0.3 is 5.73 Å². The fourth-order valence-electron chi connectivity index (χ4n) is 1.45. The van der Waals surface area contributed by atoms with Crippen molar-refractivity contribution in [3.63, 3.8) is 0 Å². The van der Waals surface area contributed by atoms with Crippen LogP contribution in [0.25, 0.3) is 0 Å². The summed E-state index contributed by atoms with van der Waals surface area (Å²) in [5.74, 6) is 0. The van der Waals surface area contributed by atoms with Gasteiger partial charge in [-0.05, 0) is 36.1 Å². The first-order valence-electron chi connectivity index (χ1n) is 4.73. The average Bonchev–Trinajstić information content (AvgIpc) is 2.16. The molecule has 0 amide bonds. The minimum Gasteiger partial charge on any atom is -0.324 e. The lowest BCUT2D eigenvalue weighted by atomic mass is 9.98. The van der Waals surface area contributed by atoms with Crippen molar-refractivity contribution >= 4 is 15.9 Å². The zero-order chi connectivity index (χ0) is 9.84. The van der Waals surface area contributed by atoms with E-state index in [0.29, 0.717) is 0 Å². The Kier molecular flexibility index (Phi) is 3.94. The Labute approximate surface area is 88.5 Å². The molecule has 0 aromatic heterocycles. The van der Waals surface area contributed by atoms with Gasteiger partial charge in [0.15, 0.2) is 0 Å². The molecule has 0 unspecified atom stereocenters. The van der Waals surface area contributed by atoms with E-state index in [1.165, 1.54) is 11.1 Å². The van der Waals surface area contributed by atoms with Crippen LogP contribution < -0.4 is 5.73 Å². The molecule has 0 bridgehead atoms. The van der Waals surface area contributed by atoms with Gasteiger partial charge in [0, 0.05) is 10.5 Å². The van der Waals surface area contributed by atoms with Crippen LogP contribution in [0, 0.1) is 0 Å². The maximum atomic E-state index is 6.02. The third kappa shape index (κ3) is 2.55. The van der Waals surface area contributed by atoms with Crippen molar-refractivity contribution < 1.29 is 0 Å². The second kappa shape index (κ2) is 4.77. The zero-order valence-corrected chi connectivity index (χ0v) is 9.76. The molecule has 0 fully saturated rings. The molecule has 0 saturated carbocycles. The lowest BCUT2D eigenvalue weighted by molar-refractivity contribution is 0.689. The maximum Gasteiger partial charge on any atom is 0.0295 e. The van der Waals surface area contributed by atoms with E-state index in [2.05, 4.69) is 48.0 Å². The second-order valence-electron chi connectivity index (χ2n) is 3.21. The predicted molar refractivity (Wildman–Crippen MR) is 60.7 cm³/mol. The first-order valence-corrected chi connectivity index (χ1v) is 5.52. The number of aryl methyl sites for hydroxylation is 1. The fraction of sp³-hybridized carbons (Fsp3) is 0.455. The van der Waals surface area contributed by atoms with E-state index in [4.69, 9.17) is 5.73 Å². The van der Waals surface area contributed by atoms with Crippen LogP contribution in [-0.2, 0) is 6.42 Å². The third-order valence-electron chi connectivity index (χ3n) is 2.33. The highest BCUT2D eigenvalue weighted by Crippen LogP contribution is 2.23. The van der Waals surface area contributed by atoms with Crippen LogP contribution in [0.15, 0.2) is 22.7 Å². The van der Waals surface area contributed by atoms with Crippen molar-refractivity contribution in [1.82, 2.24) is 0 Å². The van der Waals surface area contributed by atoms with Gasteiger partial charge >= 0.3 is 0 Å². The van der Waals surface area contributed by atoms with Gasteiger partial charge in [0.25, 0.3) is 0 Å². The number of hydrogen-bond donors (Lipinski definition) is 1. The van der Waals surface area contributed by atoms with Crippen molar-refractivity contribution in [2.24, 2.45) is 5.73 Å². The van der Waals surface area contributed by atoms with Gasteiger partial charge in [-0.1, -0.05) is 35.8 Å².